The molecule has 2 heterocycles. The van der Waals surface area contributed by atoms with Crippen molar-refractivity contribution in [3.8, 4) is 0 Å². The highest BCUT2D eigenvalue weighted by molar-refractivity contribution is 5.78. The van der Waals surface area contributed by atoms with E-state index in [9.17, 15) is 18.0 Å². The number of ether oxygens (including phenoxy) is 1. The SMILES string of the molecule is CCOC(=O)C1(C)CCN(c2cc(C(F)(F)F)ccn2)C1. The van der Waals surface area contributed by atoms with Crippen molar-refractivity contribution in [1.82, 2.24) is 4.98 Å². The summed E-state index contributed by atoms with van der Waals surface area (Å²) in [5.74, 6) is -0.0858. The molecule has 116 valence electrons. The molecule has 0 saturated carbocycles. The van der Waals surface area contributed by atoms with Gasteiger partial charge in [0.1, 0.15) is 5.82 Å². The minimum absolute atomic E-state index is 0.234. The van der Waals surface area contributed by atoms with Crippen molar-refractivity contribution in [1.29, 1.82) is 0 Å². The molecular weight excluding hydrogens is 285 g/mol. The summed E-state index contributed by atoms with van der Waals surface area (Å²) < 4.78 is 43.2. The lowest BCUT2D eigenvalue weighted by atomic mass is 9.90. The lowest BCUT2D eigenvalue weighted by Gasteiger charge is -2.23. The normalized spacial score (nSPS) is 22.4. The average molecular weight is 302 g/mol. The smallest absolute Gasteiger partial charge is 0.416 e. The third-order valence-electron chi connectivity index (χ3n) is 3.64. The van der Waals surface area contributed by atoms with Crippen LogP contribution in [-0.2, 0) is 15.7 Å². The molecule has 7 heteroatoms. The molecule has 0 radical (unpaired) electrons. The molecule has 1 aromatic heterocycles. The number of nitrogens with zero attached hydrogens (tertiary/aromatic N) is 2. The topological polar surface area (TPSA) is 42.4 Å². The van der Waals surface area contributed by atoms with Crippen LogP contribution < -0.4 is 4.90 Å². The second kappa shape index (κ2) is 5.54. The molecule has 1 unspecified atom stereocenters. The Hall–Kier alpha value is -1.79. The van der Waals surface area contributed by atoms with Crippen LogP contribution in [-0.4, -0.2) is 30.6 Å². The van der Waals surface area contributed by atoms with Gasteiger partial charge >= 0.3 is 12.1 Å². The van der Waals surface area contributed by atoms with E-state index in [-0.39, 0.29) is 18.4 Å². The van der Waals surface area contributed by atoms with Crippen LogP contribution in [0.25, 0.3) is 0 Å². The van der Waals surface area contributed by atoms with Gasteiger partial charge in [-0.1, -0.05) is 0 Å². The van der Waals surface area contributed by atoms with Gasteiger partial charge in [-0.2, -0.15) is 13.2 Å². The third kappa shape index (κ3) is 3.28. The quantitative estimate of drug-likeness (QED) is 0.805. The number of pyridine rings is 1. The highest BCUT2D eigenvalue weighted by atomic mass is 19.4. The predicted molar refractivity (Wildman–Crippen MR) is 70.8 cm³/mol. The molecule has 0 amide bonds. The van der Waals surface area contributed by atoms with Crippen LogP contribution >= 0.6 is 0 Å². The van der Waals surface area contributed by atoms with Crippen LogP contribution in [0, 0.1) is 5.41 Å². The number of hydrogen-bond donors (Lipinski definition) is 0. The Labute approximate surface area is 120 Å². The summed E-state index contributed by atoms with van der Waals surface area (Å²) in [4.78, 5) is 17.6. The summed E-state index contributed by atoms with van der Waals surface area (Å²) in [5, 5.41) is 0. The van der Waals surface area contributed by atoms with Crippen molar-refractivity contribution in [3.63, 3.8) is 0 Å². The number of alkyl halides is 3. The van der Waals surface area contributed by atoms with Gasteiger partial charge in [0.05, 0.1) is 17.6 Å². The molecule has 1 fully saturated rings. The van der Waals surface area contributed by atoms with Crippen molar-refractivity contribution in [2.75, 3.05) is 24.6 Å². The molecule has 2 rings (SSSR count). The van der Waals surface area contributed by atoms with E-state index in [1.807, 2.05) is 0 Å². The highest BCUT2D eigenvalue weighted by Crippen LogP contribution is 2.36. The summed E-state index contributed by atoms with van der Waals surface area (Å²) in [6.45, 7) is 4.56. The molecule has 0 aliphatic carbocycles. The van der Waals surface area contributed by atoms with Gasteiger partial charge in [0.15, 0.2) is 0 Å². The number of anilines is 1. The zero-order valence-corrected chi connectivity index (χ0v) is 11.9. The summed E-state index contributed by atoms with van der Waals surface area (Å²) >= 11 is 0. The first-order valence-corrected chi connectivity index (χ1v) is 6.72. The molecule has 1 aromatic rings. The lowest BCUT2D eigenvalue weighted by molar-refractivity contribution is -0.153. The zero-order chi connectivity index (χ0) is 15.7. The van der Waals surface area contributed by atoms with Crippen LogP contribution in [0.4, 0.5) is 19.0 Å². The second-order valence-corrected chi connectivity index (χ2v) is 5.35. The molecule has 0 bridgehead atoms. The van der Waals surface area contributed by atoms with Crippen LogP contribution in [0.3, 0.4) is 0 Å². The van der Waals surface area contributed by atoms with Crippen LogP contribution in [0.2, 0.25) is 0 Å². The maximum Gasteiger partial charge on any atom is 0.416 e. The molecule has 21 heavy (non-hydrogen) atoms. The van der Waals surface area contributed by atoms with Crippen molar-refractivity contribution in [3.05, 3.63) is 23.9 Å². The van der Waals surface area contributed by atoms with Crippen molar-refractivity contribution in [2.24, 2.45) is 5.41 Å². The Bertz CT molecular complexity index is 533. The van der Waals surface area contributed by atoms with E-state index < -0.39 is 17.2 Å². The van der Waals surface area contributed by atoms with Crippen LogP contribution in [0.15, 0.2) is 18.3 Å². The summed E-state index contributed by atoms with van der Waals surface area (Å²) in [7, 11) is 0. The van der Waals surface area contributed by atoms with Crippen LogP contribution in [0.5, 0.6) is 0 Å². The molecular formula is C14H17F3N2O2. The van der Waals surface area contributed by atoms with E-state index in [0.717, 1.165) is 18.3 Å². The average Bonchev–Trinajstić information content (AvgIpc) is 2.82. The zero-order valence-electron chi connectivity index (χ0n) is 11.9. The maximum absolute atomic E-state index is 12.7. The number of carbonyl (C=O) groups is 1. The standard InChI is InChI=1S/C14H17F3N2O2/c1-3-21-12(20)13(2)5-7-19(9-13)11-8-10(4-6-18-11)14(15,16)17/h4,6,8H,3,5,7,9H2,1-2H3. The Morgan fingerprint density at radius 1 is 1.52 bits per heavy atom. The van der Waals surface area contributed by atoms with Gasteiger partial charge in [0.25, 0.3) is 0 Å². The second-order valence-electron chi connectivity index (χ2n) is 5.35. The first-order chi connectivity index (χ1) is 9.76. The highest BCUT2D eigenvalue weighted by Gasteiger charge is 2.42. The molecule has 0 spiro atoms. The van der Waals surface area contributed by atoms with Gasteiger partial charge in [-0.25, -0.2) is 4.98 Å². The largest absolute Gasteiger partial charge is 0.466 e. The number of aromatic nitrogens is 1. The Morgan fingerprint density at radius 3 is 2.86 bits per heavy atom. The van der Waals surface area contributed by atoms with Gasteiger partial charge in [-0.3, -0.25) is 4.79 Å². The maximum atomic E-state index is 12.7. The van der Waals surface area contributed by atoms with Gasteiger partial charge in [-0.05, 0) is 32.4 Å². The molecule has 0 N–H and O–H groups in total. The van der Waals surface area contributed by atoms with Gasteiger partial charge in [0, 0.05) is 19.3 Å². The molecule has 1 atom stereocenters. The van der Waals surface area contributed by atoms with Crippen molar-refractivity contribution < 1.29 is 22.7 Å². The Morgan fingerprint density at radius 2 is 2.24 bits per heavy atom. The molecule has 1 aliphatic heterocycles. The summed E-state index contributed by atoms with van der Waals surface area (Å²) in [6.07, 6.45) is -2.73. The molecule has 1 aliphatic rings. The lowest BCUT2D eigenvalue weighted by Crippen LogP contribution is -2.33. The van der Waals surface area contributed by atoms with Crippen LogP contribution in [0.1, 0.15) is 25.8 Å². The number of carbonyl (C=O) groups excluding carboxylic acids is 1. The fraction of sp³-hybridized carbons (Fsp3) is 0.571. The fourth-order valence-corrected chi connectivity index (χ4v) is 2.40. The molecule has 0 aromatic carbocycles. The number of rotatable bonds is 3. The Kier molecular flexibility index (Phi) is 4.11. The van der Waals surface area contributed by atoms with Gasteiger partial charge < -0.3 is 9.64 Å². The Balaban J connectivity index is 2.17. The molecule has 4 nitrogen and oxygen atoms in total. The molecule has 1 saturated heterocycles. The monoisotopic (exact) mass is 302 g/mol. The summed E-state index contributed by atoms with van der Waals surface area (Å²) in [6, 6.07) is 1.95. The van der Waals surface area contributed by atoms with E-state index in [1.54, 1.807) is 18.7 Å². The number of hydrogen-bond acceptors (Lipinski definition) is 4. The first kappa shape index (κ1) is 15.6. The third-order valence-corrected chi connectivity index (χ3v) is 3.64. The minimum atomic E-state index is -4.40. The fourth-order valence-electron chi connectivity index (χ4n) is 2.40. The summed E-state index contributed by atoms with van der Waals surface area (Å²) in [5.41, 5.74) is -1.44. The first-order valence-electron chi connectivity index (χ1n) is 6.72. The van der Waals surface area contributed by atoms with E-state index >= 15 is 0 Å². The number of esters is 1. The van der Waals surface area contributed by atoms with E-state index in [4.69, 9.17) is 4.74 Å². The predicted octanol–water partition coefficient (Wildman–Crippen LogP) is 2.88. The van der Waals surface area contributed by atoms with Gasteiger partial charge in [0.2, 0.25) is 0 Å². The van der Waals surface area contributed by atoms with Crippen molar-refractivity contribution >= 4 is 11.8 Å². The van der Waals surface area contributed by atoms with E-state index in [1.165, 1.54) is 0 Å². The minimum Gasteiger partial charge on any atom is -0.466 e. The van der Waals surface area contributed by atoms with E-state index in [0.29, 0.717) is 19.5 Å². The van der Waals surface area contributed by atoms with Gasteiger partial charge in [-0.15, -0.1) is 0 Å². The number of halogens is 3. The van der Waals surface area contributed by atoms with Crippen molar-refractivity contribution in [2.45, 2.75) is 26.4 Å². The van der Waals surface area contributed by atoms with E-state index in [2.05, 4.69) is 4.98 Å².